The summed E-state index contributed by atoms with van der Waals surface area (Å²) in [6.45, 7) is 3.66. The summed E-state index contributed by atoms with van der Waals surface area (Å²) in [4.78, 5) is 3.90. The molecule has 1 N–H and O–H groups in total. The zero-order valence-electron chi connectivity index (χ0n) is 9.13. The van der Waals surface area contributed by atoms with Crippen LogP contribution in [-0.4, -0.2) is 43.4 Å². The van der Waals surface area contributed by atoms with E-state index >= 15 is 0 Å². The van der Waals surface area contributed by atoms with E-state index in [0.717, 1.165) is 0 Å². The van der Waals surface area contributed by atoms with Gasteiger partial charge in [-0.25, -0.2) is 13.4 Å². The molecule has 16 heavy (non-hydrogen) atoms. The number of nitrogens with zero attached hydrogens (tertiary/aromatic N) is 2. The van der Waals surface area contributed by atoms with E-state index in [1.807, 2.05) is 6.92 Å². The van der Waals surface area contributed by atoms with Crippen LogP contribution in [0.3, 0.4) is 0 Å². The summed E-state index contributed by atoms with van der Waals surface area (Å²) in [5.74, 6) is 0. The standard InChI is InChI=1S/C10H15N3O2S/c1-9-8-13(7-6-11-9)16(14,15)10-4-2-3-5-12-10/h2-5,9,11H,6-8H2,1H3. The minimum absolute atomic E-state index is 0.129. The molecule has 2 rings (SSSR count). The highest BCUT2D eigenvalue weighted by Gasteiger charge is 2.28. The normalized spacial score (nSPS) is 23.2. The van der Waals surface area contributed by atoms with Crippen molar-refractivity contribution in [2.24, 2.45) is 0 Å². The maximum atomic E-state index is 12.2. The maximum Gasteiger partial charge on any atom is 0.260 e. The quantitative estimate of drug-likeness (QED) is 0.795. The average Bonchev–Trinajstić information content (AvgIpc) is 2.30. The van der Waals surface area contributed by atoms with Gasteiger partial charge in [0.05, 0.1) is 0 Å². The van der Waals surface area contributed by atoms with E-state index in [-0.39, 0.29) is 11.1 Å². The average molecular weight is 241 g/mol. The molecule has 1 unspecified atom stereocenters. The molecule has 1 fully saturated rings. The fourth-order valence-corrected chi connectivity index (χ4v) is 3.21. The lowest BCUT2D eigenvalue weighted by atomic mass is 10.3. The second kappa shape index (κ2) is 4.48. The van der Waals surface area contributed by atoms with Crippen LogP contribution in [0.2, 0.25) is 0 Å². The van der Waals surface area contributed by atoms with E-state index in [9.17, 15) is 8.42 Å². The van der Waals surface area contributed by atoms with E-state index in [0.29, 0.717) is 19.6 Å². The molecule has 5 nitrogen and oxygen atoms in total. The zero-order valence-corrected chi connectivity index (χ0v) is 9.94. The van der Waals surface area contributed by atoms with Crippen molar-refractivity contribution in [3.8, 4) is 0 Å². The molecule has 2 heterocycles. The minimum Gasteiger partial charge on any atom is -0.312 e. The number of pyridine rings is 1. The summed E-state index contributed by atoms with van der Waals surface area (Å²) >= 11 is 0. The van der Waals surface area contributed by atoms with Gasteiger partial charge in [0.2, 0.25) is 0 Å². The third kappa shape index (κ3) is 2.23. The largest absolute Gasteiger partial charge is 0.312 e. The molecule has 1 saturated heterocycles. The van der Waals surface area contributed by atoms with Crippen LogP contribution in [0.15, 0.2) is 29.4 Å². The summed E-state index contributed by atoms with van der Waals surface area (Å²) in [6, 6.07) is 5.11. The summed E-state index contributed by atoms with van der Waals surface area (Å²) in [5, 5.41) is 3.34. The predicted molar refractivity (Wildman–Crippen MR) is 60.5 cm³/mol. The number of hydrogen-bond acceptors (Lipinski definition) is 4. The monoisotopic (exact) mass is 241 g/mol. The first-order valence-electron chi connectivity index (χ1n) is 5.25. The van der Waals surface area contributed by atoms with Gasteiger partial charge in [0.15, 0.2) is 5.03 Å². The Labute approximate surface area is 95.5 Å². The first kappa shape index (κ1) is 11.5. The molecular weight excluding hydrogens is 226 g/mol. The van der Waals surface area contributed by atoms with Crippen molar-refractivity contribution in [3.05, 3.63) is 24.4 Å². The highest BCUT2D eigenvalue weighted by Crippen LogP contribution is 2.14. The van der Waals surface area contributed by atoms with Gasteiger partial charge in [0.25, 0.3) is 10.0 Å². The number of nitrogens with one attached hydrogen (secondary N) is 1. The number of sulfonamides is 1. The van der Waals surface area contributed by atoms with Crippen LogP contribution < -0.4 is 5.32 Å². The van der Waals surface area contributed by atoms with Crippen LogP contribution in [0, 0.1) is 0 Å². The van der Waals surface area contributed by atoms with Gasteiger partial charge in [-0.2, -0.15) is 4.31 Å². The van der Waals surface area contributed by atoms with Gasteiger partial charge in [0.1, 0.15) is 0 Å². The minimum atomic E-state index is -3.41. The van der Waals surface area contributed by atoms with Gasteiger partial charge in [-0.1, -0.05) is 6.07 Å². The molecule has 0 bridgehead atoms. The van der Waals surface area contributed by atoms with E-state index in [2.05, 4.69) is 10.3 Å². The predicted octanol–water partition coefficient (Wildman–Crippen LogP) is 0.0640. The molecule has 1 aromatic rings. The molecule has 0 aromatic carbocycles. The third-order valence-corrected chi connectivity index (χ3v) is 4.36. The molecular formula is C10H15N3O2S. The van der Waals surface area contributed by atoms with Crippen molar-refractivity contribution in [2.75, 3.05) is 19.6 Å². The second-order valence-corrected chi connectivity index (χ2v) is 5.77. The van der Waals surface area contributed by atoms with Crippen LogP contribution in [-0.2, 0) is 10.0 Å². The number of hydrogen-bond donors (Lipinski definition) is 1. The van der Waals surface area contributed by atoms with E-state index in [1.54, 1.807) is 12.1 Å². The van der Waals surface area contributed by atoms with Crippen LogP contribution in [0.5, 0.6) is 0 Å². The molecule has 6 heteroatoms. The molecule has 0 aliphatic carbocycles. The fraction of sp³-hybridized carbons (Fsp3) is 0.500. The SMILES string of the molecule is CC1CN(S(=O)(=O)c2ccccn2)CCN1. The van der Waals surface area contributed by atoms with Crippen LogP contribution in [0.25, 0.3) is 0 Å². The van der Waals surface area contributed by atoms with Crippen LogP contribution in [0.4, 0.5) is 0 Å². The zero-order chi connectivity index (χ0) is 11.6. The molecule has 1 aliphatic heterocycles. The van der Waals surface area contributed by atoms with Crippen LogP contribution in [0.1, 0.15) is 6.92 Å². The highest BCUT2D eigenvalue weighted by molar-refractivity contribution is 7.89. The van der Waals surface area contributed by atoms with E-state index in [1.165, 1.54) is 16.6 Å². The smallest absolute Gasteiger partial charge is 0.260 e. The Bertz CT molecular complexity index is 446. The van der Waals surface area contributed by atoms with Crippen molar-refractivity contribution in [1.29, 1.82) is 0 Å². The first-order valence-corrected chi connectivity index (χ1v) is 6.69. The van der Waals surface area contributed by atoms with Gasteiger partial charge < -0.3 is 5.32 Å². The molecule has 1 atom stereocenters. The van der Waals surface area contributed by atoms with E-state index < -0.39 is 10.0 Å². The Morgan fingerprint density at radius 3 is 2.94 bits per heavy atom. The van der Waals surface area contributed by atoms with E-state index in [4.69, 9.17) is 0 Å². The Hall–Kier alpha value is -0.980. The second-order valence-electron chi connectivity index (χ2n) is 3.89. The first-order chi connectivity index (χ1) is 7.60. The summed E-state index contributed by atoms with van der Waals surface area (Å²) < 4.78 is 25.8. The van der Waals surface area contributed by atoms with Gasteiger partial charge >= 0.3 is 0 Å². The van der Waals surface area contributed by atoms with Crippen molar-refractivity contribution < 1.29 is 8.42 Å². The van der Waals surface area contributed by atoms with Crippen molar-refractivity contribution in [1.82, 2.24) is 14.6 Å². The maximum absolute atomic E-state index is 12.2. The van der Waals surface area contributed by atoms with Gasteiger partial charge in [-0.3, -0.25) is 0 Å². The molecule has 0 saturated carbocycles. The summed E-state index contributed by atoms with van der Waals surface area (Å²) in [7, 11) is -3.41. The molecule has 88 valence electrons. The van der Waals surface area contributed by atoms with Gasteiger partial charge in [-0.15, -0.1) is 0 Å². The lowest BCUT2D eigenvalue weighted by Gasteiger charge is -2.30. The van der Waals surface area contributed by atoms with Gasteiger partial charge in [-0.05, 0) is 19.1 Å². The Morgan fingerprint density at radius 1 is 1.50 bits per heavy atom. The number of piperazine rings is 1. The molecule has 0 spiro atoms. The van der Waals surface area contributed by atoms with Crippen molar-refractivity contribution in [2.45, 2.75) is 18.0 Å². The number of aromatic nitrogens is 1. The molecule has 1 aromatic heterocycles. The lowest BCUT2D eigenvalue weighted by molar-refractivity contribution is 0.309. The Kier molecular flexibility index (Phi) is 3.22. The molecule has 0 amide bonds. The third-order valence-electron chi connectivity index (χ3n) is 2.57. The van der Waals surface area contributed by atoms with Crippen LogP contribution >= 0.6 is 0 Å². The highest BCUT2D eigenvalue weighted by atomic mass is 32.2. The molecule has 0 radical (unpaired) electrons. The summed E-state index contributed by atoms with van der Waals surface area (Å²) in [6.07, 6.45) is 1.50. The summed E-state index contributed by atoms with van der Waals surface area (Å²) in [5.41, 5.74) is 0. The van der Waals surface area contributed by atoms with Gasteiger partial charge in [0, 0.05) is 31.9 Å². The van der Waals surface area contributed by atoms with Crippen molar-refractivity contribution >= 4 is 10.0 Å². The van der Waals surface area contributed by atoms with Crippen molar-refractivity contribution in [3.63, 3.8) is 0 Å². The number of rotatable bonds is 2. The fourth-order valence-electron chi connectivity index (χ4n) is 1.75. The lowest BCUT2D eigenvalue weighted by Crippen LogP contribution is -2.51. The topological polar surface area (TPSA) is 62.3 Å². The Balaban J connectivity index is 2.26. The Morgan fingerprint density at radius 2 is 2.31 bits per heavy atom. The molecule has 1 aliphatic rings.